The van der Waals surface area contributed by atoms with Gasteiger partial charge in [-0.3, -0.25) is 8.32 Å². The molecule has 0 unspecified atom stereocenters. The predicted octanol–water partition coefficient (Wildman–Crippen LogP) is 2.19. The highest BCUT2D eigenvalue weighted by atomic mass is 127. The van der Waals surface area contributed by atoms with Crippen molar-refractivity contribution >= 4 is 34.3 Å². The number of nitrogens with one attached hydrogen (secondary N) is 1. The maximum absolute atomic E-state index is 12.0. The number of nitrogens with two attached hydrogens (primary N) is 1. The molecule has 20 heavy (non-hydrogen) atoms. The molecule has 1 aromatic rings. The molecule has 0 amide bonds. The van der Waals surface area contributed by atoms with Crippen LogP contribution in [0.3, 0.4) is 0 Å². The van der Waals surface area contributed by atoms with Gasteiger partial charge in [0.15, 0.2) is 0 Å². The van der Waals surface area contributed by atoms with Crippen LogP contribution in [0.2, 0.25) is 0 Å². The minimum atomic E-state index is -0.0206. The van der Waals surface area contributed by atoms with E-state index < -0.39 is 0 Å². The number of fused-ring (bicyclic) bond motifs is 1. The summed E-state index contributed by atoms with van der Waals surface area (Å²) in [5.74, 6) is -0.0206. The molecule has 0 saturated heterocycles. The van der Waals surface area contributed by atoms with Gasteiger partial charge >= 0.3 is 0 Å². The van der Waals surface area contributed by atoms with E-state index in [0.717, 1.165) is 31.6 Å². The minimum Gasteiger partial charge on any atom is -0.396 e. The third-order valence-corrected chi connectivity index (χ3v) is 4.26. The standard InChI is InChI=1S/C15H16IN3O/c1-9-13(17)14(15(9)20)19-6-2-3-11-5-4-10(8-18-16)7-12(11)19/h4-5,7,18H,1-3,6,8,17H2. The summed E-state index contributed by atoms with van der Waals surface area (Å²) in [5.41, 5.74) is 11.1. The topological polar surface area (TPSA) is 58.4 Å². The summed E-state index contributed by atoms with van der Waals surface area (Å²) in [6, 6.07) is 6.43. The van der Waals surface area contributed by atoms with Crippen LogP contribution in [0.5, 0.6) is 0 Å². The average Bonchev–Trinajstić information content (AvgIpc) is 2.48. The number of aryl methyl sites for hydroxylation is 1. The van der Waals surface area contributed by atoms with Gasteiger partial charge in [-0.05, 0) is 30.0 Å². The summed E-state index contributed by atoms with van der Waals surface area (Å²) >= 11 is 2.13. The Morgan fingerprint density at radius 1 is 1.45 bits per heavy atom. The van der Waals surface area contributed by atoms with Crippen molar-refractivity contribution < 1.29 is 4.79 Å². The number of allylic oxidation sites excluding steroid dienone is 2. The van der Waals surface area contributed by atoms with Gasteiger partial charge in [0, 0.05) is 47.2 Å². The molecular weight excluding hydrogens is 365 g/mol. The Balaban J connectivity index is 2.03. The van der Waals surface area contributed by atoms with Gasteiger partial charge in [0.1, 0.15) is 5.70 Å². The van der Waals surface area contributed by atoms with Gasteiger partial charge in [-0.25, -0.2) is 0 Å². The van der Waals surface area contributed by atoms with Crippen molar-refractivity contribution in [2.24, 2.45) is 5.73 Å². The molecule has 2 aliphatic rings. The van der Waals surface area contributed by atoms with Gasteiger partial charge in [0.25, 0.3) is 0 Å². The minimum absolute atomic E-state index is 0.0206. The molecule has 3 N–H and O–H groups in total. The van der Waals surface area contributed by atoms with Crippen molar-refractivity contribution in [3.63, 3.8) is 0 Å². The number of nitrogens with zero attached hydrogens (tertiary/aromatic N) is 1. The smallest absolute Gasteiger partial charge is 0.213 e. The molecule has 104 valence electrons. The first-order valence-corrected chi connectivity index (χ1v) is 7.68. The fourth-order valence-electron chi connectivity index (χ4n) is 2.78. The van der Waals surface area contributed by atoms with Crippen LogP contribution in [0.15, 0.2) is 41.7 Å². The first-order valence-electron chi connectivity index (χ1n) is 6.60. The normalized spacial score (nSPS) is 18.1. The lowest BCUT2D eigenvalue weighted by Crippen LogP contribution is -2.41. The highest BCUT2D eigenvalue weighted by Crippen LogP contribution is 2.37. The fourth-order valence-corrected chi connectivity index (χ4v) is 3.22. The zero-order valence-corrected chi connectivity index (χ0v) is 13.2. The molecular formula is C15H16IN3O. The summed E-state index contributed by atoms with van der Waals surface area (Å²) in [6.45, 7) is 5.34. The van der Waals surface area contributed by atoms with Crippen molar-refractivity contribution in [1.82, 2.24) is 3.53 Å². The summed E-state index contributed by atoms with van der Waals surface area (Å²) in [7, 11) is 0. The molecule has 0 saturated carbocycles. The number of Topliss-reactive ketones (excluding diaryl/α,β-unsaturated/α-hetero) is 1. The van der Waals surface area contributed by atoms with E-state index in [1.165, 1.54) is 11.1 Å². The number of benzene rings is 1. The van der Waals surface area contributed by atoms with Crippen LogP contribution in [0.25, 0.3) is 0 Å². The molecule has 3 rings (SSSR count). The van der Waals surface area contributed by atoms with Crippen molar-refractivity contribution in [3.8, 4) is 0 Å². The summed E-state index contributed by atoms with van der Waals surface area (Å²) < 4.78 is 3.12. The van der Waals surface area contributed by atoms with Crippen LogP contribution in [0.1, 0.15) is 17.5 Å². The van der Waals surface area contributed by atoms with Gasteiger partial charge < -0.3 is 10.6 Å². The molecule has 0 atom stereocenters. The van der Waals surface area contributed by atoms with Crippen molar-refractivity contribution in [3.05, 3.63) is 52.9 Å². The maximum Gasteiger partial charge on any atom is 0.213 e. The summed E-state index contributed by atoms with van der Waals surface area (Å²) in [4.78, 5) is 14.1. The van der Waals surface area contributed by atoms with Crippen molar-refractivity contribution in [2.75, 3.05) is 11.4 Å². The number of hydrogen-bond acceptors (Lipinski definition) is 4. The van der Waals surface area contributed by atoms with Crippen molar-refractivity contribution in [2.45, 2.75) is 19.4 Å². The van der Waals surface area contributed by atoms with E-state index in [0.29, 0.717) is 17.0 Å². The number of carbonyl (C=O) groups is 1. The molecule has 0 spiro atoms. The molecule has 0 fully saturated rings. The molecule has 0 bridgehead atoms. The Kier molecular flexibility index (Phi) is 3.55. The van der Waals surface area contributed by atoms with Crippen LogP contribution in [0, 0.1) is 0 Å². The predicted molar refractivity (Wildman–Crippen MR) is 88.3 cm³/mol. The maximum atomic E-state index is 12.0. The number of halogens is 1. The largest absolute Gasteiger partial charge is 0.396 e. The Hall–Kier alpha value is -1.34. The van der Waals surface area contributed by atoms with E-state index in [1.54, 1.807) is 0 Å². The number of carbonyl (C=O) groups excluding carboxylic acids is 1. The zero-order valence-electron chi connectivity index (χ0n) is 11.1. The van der Waals surface area contributed by atoms with Crippen LogP contribution in [-0.2, 0) is 17.8 Å². The van der Waals surface area contributed by atoms with E-state index in [2.05, 4.69) is 56.1 Å². The van der Waals surface area contributed by atoms with Gasteiger partial charge in [0.05, 0.1) is 5.70 Å². The first kappa shape index (κ1) is 13.6. The third-order valence-electron chi connectivity index (χ3n) is 3.88. The van der Waals surface area contributed by atoms with E-state index in [4.69, 9.17) is 5.73 Å². The number of hydrogen-bond donors (Lipinski definition) is 2. The van der Waals surface area contributed by atoms with E-state index in [-0.39, 0.29) is 5.78 Å². The van der Waals surface area contributed by atoms with Crippen LogP contribution in [0.4, 0.5) is 5.69 Å². The second-order valence-corrected chi connectivity index (χ2v) is 5.86. The van der Waals surface area contributed by atoms with Crippen molar-refractivity contribution in [1.29, 1.82) is 0 Å². The summed E-state index contributed by atoms with van der Waals surface area (Å²) in [6.07, 6.45) is 2.08. The van der Waals surface area contributed by atoms with Gasteiger partial charge in [-0.1, -0.05) is 18.7 Å². The third kappa shape index (κ3) is 2.05. The van der Waals surface area contributed by atoms with Gasteiger partial charge in [-0.2, -0.15) is 0 Å². The molecule has 0 radical (unpaired) electrons. The Bertz CT molecular complexity index is 636. The highest BCUT2D eigenvalue weighted by molar-refractivity contribution is 14.1. The van der Waals surface area contributed by atoms with Crippen LogP contribution < -0.4 is 14.2 Å². The first-order chi connectivity index (χ1) is 9.63. The molecule has 4 nitrogen and oxygen atoms in total. The lowest BCUT2D eigenvalue weighted by atomic mass is 9.89. The number of ketones is 1. The molecule has 1 aliphatic heterocycles. The Labute approximate surface area is 132 Å². The quantitative estimate of drug-likeness (QED) is 0.479. The Morgan fingerprint density at radius 2 is 2.25 bits per heavy atom. The average molecular weight is 381 g/mol. The second-order valence-electron chi connectivity index (χ2n) is 5.10. The SMILES string of the molecule is C=C1C(=O)C(N2CCCc3ccc(CNI)cc32)=C1N. The lowest BCUT2D eigenvalue weighted by Gasteiger charge is -2.37. The second kappa shape index (κ2) is 5.21. The fraction of sp³-hybridized carbons (Fsp3) is 0.267. The summed E-state index contributed by atoms with van der Waals surface area (Å²) in [5, 5.41) is 0. The molecule has 1 aliphatic carbocycles. The van der Waals surface area contributed by atoms with E-state index in [9.17, 15) is 4.79 Å². The Morgan fingerprint density at radius 3 is 2.95 bits per heavy atom. The monoisotopic (exact) mass is 381 g/mol. The number of rotatable bonds is 3. The van der Waals surface area contributed by atoms with E-state index >= 15 is 0 Å². The van der Waals surface area contributed by atoms with Gasteiger partial charge in [0.2, 0.25) is 5.78 Å². The molecule has 0 aromatic heterocycles. The number of anilines is 1. The zero-order chi connectivity index (χ0) is 14.3. The molecule has 5 heteroatoms. The molecule has 1 aromatic carbocycles. The lowest BCUT2D eigenvalue weighted by molar-refractivity contribution is -0.113. The molecule has 1 heterocycles. The van der Waals surface area contributed by atoms with Crippen LogP contribution in [-0.4, -0.2) is 12.3 Å². The van der Waals surface area contributed by atoms with Gasteiger partial charge in [-0.15, -0.1) is 0 Å². The highest BCUT2D eigenvalue weighted by Gasteiger charge is 2.36. The van der Waals surface area contributed by atoms with E-state index in [1.807, 2.05) is 0 Å². The van der Waals surface area contributed by atoms with Crippen LogP contribution >= 0.6 is 22.9 Å².